The van der Waals surface area contributed by atoms with Crippen LogP contribution in [-0.4, -0.2) is 22.6 Å². The van der Waals surface area contributed by atoms with E-state index in [0.29, 0.717) is 17.6 Å². The summed E-state index contributed by atoms with van der Waals surface area (Å²) in [6.07, 6.45) is 1.60. The maximum absolute atomic E-state index is 13.8. The highest BCUT2D eigenvalue weighted by Gasteiger charge is 2.19. The van der Waals surface area contributed by atoms with Crippen molar-refractivity contribution in [3.8, 4) is 0 Å². The van der Waals surface area contributed by atoms with E-state index in [1.807, 2.05) is 34.9 Å². The van der Waals surface area contributed by atoms with Crippen LogP contribution in [0.2, 0.25) is 0 Å². The Hall–Kier alpha value is -2.69. The first kappa shape index (κ1) is 13.3. The third-order valence-corrected chi connectivity index (χ3v) is 3.33. The van der Waals surface area contributed by atoms with Crippen LogP contribution in [-0.2, 0) is 11.3 Å². The molecule has 0 radical (unpaired) electrons. The maximum Gasteiger partial charge on any atom is 0.343 e. The van der Waals surface area contributed by atoms with E-state index in [1.54, 1.807) is 12.4 Å². The Bertz CT molecular complexity index is 797. The minimum Gasteiger partial charge on any atom is -0.465 e. The minimum atomic E-state index is -0.719. The van der Waals surface area contributed by atoms with Crippen LogP contribution in [0, 0.1) is 5.82 Å². The van der Waals surface area contributed by atoms with Gasteiger partial charge in [-0.25, -0.2) is 14.2 Å². The molecule has 0 aliphatic carbocycles. The van der Waals surface area contributed by atoms with Crippen molar-refractivity contribution < 1.29 is 13.9 Å². The van der Waals surface area contributed by atoms with Gasteiger partial charge < -0.3 is 9.30 Å². The monoisotopic (exact) mass is 284 g/mol. The zero-order valence-electron chi connectivity index (χ0n) is 11.4. The second-order valence-corrected chi connectivity index (χ2v) is 4.64. The Labute approximate surface area is 120 Å². The van der Waals surface area contributed by atoms with Gasteiger partial charge in [-0.2, -0.15) is 0 Å². The number of fused-ring (bicyclic) bond motifs is 1. The Morgan fingerprint density at radius 1 is 1.24 bits per heavy atom. The summed E-state index contributed by atoms with van der Waals surface area (Å²) in [5.41, 5.74) is 1.99. The standard InChI is InChI=1S/C16H13FN2O2/c1-21-16(20)14-12(17)7-8-13-15(14)18-10-19(13)9-11-5-3-2-4-6-11/h2-8,10H,9H2,1H3. The Morgan fingerprint density at radius 3 is 2.71 bits per heavy atom. The van der Waals surface area contributed by atoms with Crippen molar-refractivity contribution >= 4 is 17.0 Å². The fourth-order valence-corrected chi connectivity index (χ4v) is 2.31. The van der Waals surface area contributed by atoms with Crippen molar-refractivity contribution in [2.75, 3.05) is 7.11 Å². The number of aromatic nitrogens is 2. The first-order valence-corrected chi connectivity index (χ1v) is 6.46. The van der Waals surface area contributed by atoms with Crippen molar-refractivity contribution in [3.63, 3.8) is 0 Å². The summed E-state index contributed by atoms with van der Waals surface area (Å²) in [4.78, 5) is 15.9. The summed E-state index contributed by atoms with van der Waals surface area (Å²) in [7, 11) is 1.22. The Morgan fingerprint density at radius 2 is 2.00 bits per heavy atom. The highest BCUT2D eigenvalue weighted by Crippen LogP contribution is 2.22. The molecule has 4 nitrogen and oxygen atoms in total. The molecule has 3 aromatic rings. The quantitative estimate of drug-likeness (QED) is 0.694. The molecule has 21 heavy (non-hydrogen) atoms. The minimum absolute atomic E-state index is 0.123. The molecule has 1 heterocycles. The molecule has 2 aromatic carbocycles. The lowest BCUT2D eigenvalue weighted by Gasteiger charge is -2.06. The number of halogens is 1. The van der Waals surface area contributed by atoms with Gasteiger partial charge in [-0.1, -0.05) is 30.3 Å². The average Bonchev–Trinajstić information content (AvgIpc) is 2.90. The van der Waals surface area contributed by atoms with E-state index in [4.69, 9.17) is 0 Å². The molecule has 0 aliphatic heterocycles. The van der Waals surface area contributed by atoms with Crippen LogP contribution in [0.4, 0.5) is 4.39 Å². The molecular weight excluding hydrogens is 271 g/mol. The van der Waals surface area contributed by atoms with E-state index in [9.17, 15) is 9.18 Å². The molecule has 0 aliphatic rings. The van der Waals surface area contributed by atoms with Gasteiger partial charge in [0.15, 0.2) is 0 Å². The first-order chi connectivity index (χ1) is 10.2. The van der Waals surface area contributed by atoms with Crippen molar-refractivity contribution in [3.05, 3.63) is 65.7 Å². The summed E-state index contributed by atoms with van der Waals surface area (Å²) in [5, 5.41) is 0. The van der Waals surface area contributed by atoms with Crippen molar-refractivity contribution in [1.29, 1.82) is 0 Å². The van der Waals surface area contributed by atoms with Gasteiger partial charge in [-0.05, 0) is 17.7 Å². The number of hydrogen-bond acceptors (Lipinski definition) is 3. The molecule has 0 atom stereocenters. The maximum atomic E-state index is 13.8. The van der Waals surface area contributed by atoms with Gasteiger partial charge in [0.05, 0.1) is 19.0 Å². The molecule has 0 bridgehead atoms. The molecule has 1 aromatic heterocycles. The molecule has 0 fully saturated rings. The zero-order chi connectivity index (χ0) is 14.8. The number of carbonyl (C=O) groups excluding carboxylic acids is 1. The van der Waals surface area contributed by atoms with E-state index in [0.717, 1.165) is 5.56 Å². The molecule has 106 valence electrons. The largest absolute Gasteiger partial charge is 0.465 e. The molecule has 0 amide bonds. The molecule has 3 rings (SSSR count). The second-order valence-electron chi connectivity index (χ2n) is 4.64. The number of imidazole rings is 1. The van der Waals surface area contributed by atoms with Crippen LogP contribution in [0.3, 0.4) is 0 Å². The summed E-state index contributed by atoms with van der Waals surface area (Å²) < 4.78 is 20.3. The number of esters is 1. The third kappa shape index (κ3) is 2.38. The van der Waals surface area contributed by atoms with Gasteiger partial charge in [0.1, 0.15) is 16.9 Å². The highest BCUT2D eigenvalue weighted by atomic mass is 19.1. The van der Waals surface area contributed by atoms with Gasteiger partial charge in [0.2, 0.25) is 0 Å². The van der Waals surface area contributed by atoms with Gasteiger partial charge in [-0.15, -0.1) is 0 Å². The number of methoxy groups -OCH3 is 1. The van der Waals surface area contributed by atoms with Crippen LogP contribution in [0.1, 0.15) is 15.9 Å². The summed E-state index contributed by atoms with van der Waals surface area (Å²) in [5.74, 6) is -1.35. The Balaban J connectivity index is 2.09. The SMILES string of the molecule is COC(=O)c1c(F)ccc2c1ncn2Cc1ccccc1. The molecule has 0 unspecified atom stereocenters. The normalized spacial score (nSPS) is 10.8. The van der Waals surface area contributed by atoms with E-state index in [1.165, 1.54) is 13.2 Å². The number of hydrogen-bond donors (Lipinski definition) is 0. The summed E-state index contributed by atoms with van der Waals surface area (Å²) >= 11 is 0. The van der Waals surface area contributed by atoms with Gasteiger partial charge in [0, 0.05) is 6.54 Å². The number of rotatable bonds is 3. The lowest BCUT2D eigenvalue weighted by atomic mass is 10.1. The van der Waals surface area contributed by atoms with Gasteiger partial charge in [0.25, 0.3) is 0 Å². The molecule has 5 heteroatoms. The lowest BCUT2D eigenvalue weighted by Crippen LogP contribution is -2.06. The van der Waals surface area contributed by atoms with Crippen molar-refractivity contribution in [1.82, 2.24) is 9.55 Å². The summed E-state index contributed by atoms with van der Waals surface area (Å²) in [6.45, 7) is 0.601. The molecule has 0 N–H and O–H groups in total. The molecule has 0 saturated carbocycles. The predicted octanol–water partition coefficient (Wildman–Crippen LogP) is 3.01. The lowest BCUT2D eigenvalue weighted by molar-refractivity contribution is 0.0597. The highest BCUT2D eigenvalue weighted by molar-refractivity contribution is 6.02. The van der Waals surface area contributed by atoms with E-state index < -0.39 is 11.8 Å². The number of carbonyl (C=O) groups is 1. The second kappa shape index (κ2) is 5.36. The average molecular weight is 284 g/mol. The summed E-state index contributed by atoms with van der Waals surface area (Å²) in [6, 6.07) is 12.7. The fourth-order valence-electron chi connectivity index (χ4n) is 2.31. The van der Waals surface area contributed by atoms with Gasteiger partial charge in [-0.3, -0.25) is 0 Å². The van der Waals surface area contributed by atoms with Crippen LogP contribution < -0.4 is 0 Å². The van der Waals surface area contributed by atoms with Crippen molar-refractivity contribution in [2.24, 2.45) is 0 Å². The van der Waals surface area contributed by atoms with E-state index in [2.05, 4.69) is 9.72 Å². The third-order valence-electron chi connectivity index (χ3n) is 3.33. The van der Waals surface area contributed by atoms with Crippen molar-refractivity contribution in [2.45, 2.75) is 6.54 Å². The molecule has 0 saturated heterocycles. The predicted molar refractivity (Wildman–Crippen MR) is 76.6 cm³/mol. The van der Waals surface area contributed by atoms with Crippen LogP contribution in [0.15, 0.2) is 48.8 Å². The molecule has 0 spiro atoms. The van der Waals surface area contributed by atoms with Crippen LogP contribution in [0.25, 0.3) is 11.0 Å². The number of ether oxygens (including phenoxy) is 1. The number of benzene rings is 2. The van der Waals surface area contributed by atoms with Crippen LogP contribution in [0.5, 0.6) is 0 Å². The molecular formula is C16H13FN2O2. The van der Waals surface area contributed by atoms with E-state index >= 15 is 0 Å². The number of nitrogens with zero attached hydrogens (tertiary/aromatic N) is 2. The first-order valence-electron chi connectivity index (χ1n) is 6.46. The smallest absolute Gasteiger partial charge is 0.343 e. The fraction of sp³-hybridized carbons (Fsp3) is 0.125. The van der Waals surface area contributed by atoms with E-state index in [-0.39, 0.29) is 5.56 Å². The Kier molecular flexibility index (Phi) is 3.39. The van der Waals surface area contributed by atoms with Gasteiger partial charge >= 0.3 is 5.97 Å². The zero-order valence-corrected chi connectivity index (χ0v) is 11.4. The topological polar surface area (TPSA) is 44.1 Å². The van der Waals surface area contributed by atoms with Crippen LogP contribution >= 0.6 is 0 Å².